The maximum absolute atomic E-state index is 13.6. The Bertz CT molecular complexity index is 1710. The summed E-state index contributed by atoms with van der Waals surface area (Å²) in [6.45, 7) is 1.27. The number of benzene rings is 3. The number of anilines is 2. The van der Waals surface area contributed by atoms with Gasteiger partial charge >= 0.3 is 0 Å². The van der Waals surface area contributed by atoms with Crippen molar-refractivity contribution in [2.45, 2.75) is 12.6 Å². The second-order valence-corrected chi connectivity index (χ2v) is 11.5. The van der Waals surface area contributed by atoms with Crippen LogP contribution in [0.25, 0.3) is 20.7 Å². The minimum absolute atomic E-state index is 0.187. The number of rotatable bonds is 12. The van der Waals surface area contributed by atoms with E-state index in [1.165, 1.54) is 35.9 Å². The molecule has 0 saturated carbocycles. The molecule has 0 radical (unpaired) electrons. The Balaban J connectivity index is 1.35. The number of amides is 1. The third-order valence-electron chi connectivity index (χ3n) is 6.54. The molecule has 0 aliphatic rings. The van der Waals surface area contributed by atoms with E-state index >= 15 is 0 Å². The van der Waals surface area contributed by atoms with E-state index in [1.807, 2.05) is 85.7 Å². The highest BCUT2D eigenvalue weighted by Gasteiger charge is 2.20. The molecule has 220 valence electrons. The zero-order valence-corrected chi connectivity index (χ0v) is 25.3. The largest absolute Gasteiger partial charge is 0.374 e. The Morgan fingerprint density at radius 2 is 1.86 bits per heavy atom. The predicted molar refractivity (Wildman–Crippen MR) is 173 cm³/mol. The van der Waals surface area contributed by atoms with Gasteiger partial charge in [-0.2, -0.15) is 0 Å². The summed E-state index contributed by atoms with van der Waals surface area (Å²) in [5, 5.41) is 7.65. The average molecular weight is 616 g/mol. The summed E-state index contributed by atoms with van der Waals surface area (Å²) in [7, 11) is 3.89. The van der Waals surface area contributed by atoms with Gasteiger partial charge in [0, 0.05) is 18.3 Å². The van der Waals surface area contributed by atoms with Crippen molar-refractivity contribution in [3.05, 3.63) is 119 Å². The summed E-state index contributed by atoms with van der Waals surface area (Å²) in [6.07, 6.45) is 4.85. The second kappa shape index (κ2) is 14.3. The molecule has 10 heteroatoms. The van der Waals surface area contributed by atoms with Crippen LogP contribution in [-0.2, 0) is 16.1 Å². The molecule has 43 heavy (non-hydrogen) atoms. The van der Waals surface area contributed by atoms with Crippen molar-refractivity contribution in [2.75, 3.05) is 37.9 Å². The molecule has 3 aromatic carbocycles. The summed E-state index contributed by atoms with van der Waals surface area (Å²) in [5.74, 6) is 0.111. The van der Waals surface area contributed by atoms with Crippen molar-refractivity contribution in [3.63, 3.8) is 0 Å². The molecule has 2 N–H and O–H groups in total. The highest BCUT2D eigenvalue weighted by atomic mass is 35.5. The van der Waals surface area contributed by atoms with Crippen LogP contribution in [-0.4, -0.2) is 48.0 Å². The number of fused-ring (bicyclic) bond motifs is 1. The molecule has 0 bridgehead atoms. The number of aromatic nitrogens is 2. The summed E-state index contributed by atoms with van der Waals surface area (Å²) in [6, 6.07) is 23.6. The highest BCUT2D eigenvalue weighted by molar-refractivity contribution is 7.22. The highest BCUT2D eigenvalue weighted by Crippen LogP contribution is 2.44. The number of carbonyl (C=O) groups is 1. The Morgan fingerprint density at radius 3 is 2.60 bits per heavy atom. The summed E-state index contributed by atoms with van der Waals surface area (Å²) in [4.78, 5) is 24.8. The minimum Gasteiger partial charge on any atom is -0.374 e. The normalized spacial score (nSPS) is 12.2. The molecular formula is C33H31ClFN5O2S. The number of hydrogen-bond acceptors (Lipinski definition) is 7. The monoisotopic (exact) mass is 615 g/mol. The maximum atomic E-state index is 13.6. The molecule has 0 fully saturated rings. The van der Waals surface area contributed by atoms with Crippen LogP contribution in [0.5, 0.6) is 0 Å². The number of hydrogen-bond donors (Lipinski definition) is 2. The first-order valence-electron chi connectivity index (χ1n) is 13.7. The van der Waals surface area contributed by atoms with E-state index in [2.05, 4.69) is 20.6 Å². The fourth-order valence-corrected chi connectivity index (χ4v) is 5.95. The van der Waals surface area contributed by atoms with Crippen molar-refractivity contribution in [2.24, 2.45) is 0 Å². The molecule has 0 aliphatic heterocycles. The minimum atomic E-state index is -0.294. The molecule has 2 aromatic heterocycles. The Morgan fingerprint density at radius 1 is 1.07 bits per heavy atom. The molecule has 2 heterocycles. The summed E-state index contributed by atoms with van der Waals surface area (Å²) in [5.41, 5.74) is 3.35. The van der Waals surface area contributed by atoms with Crippen LogP contribution in [0.4, 0.5) is 15.9 Å². The van der Waals surface area contributed by atoms with Crippen LogP contribution in [0, 0.1) is 5.82 Å². The van der Waals surface area contributed by atoms with Crippen LogP contribution in [0.3, 0.4) is 0 Å². The number of halogens is 2. The first-order chi connectivity index (χ1) is 20.9. The number of carbonyl (C=O) groups excluding carboxylic acids is 1. The van der Waals surface area contributed by atoms with Gasteiger partial charge in [0.15, 0.2) is 0 Å². The Kier molecular flexibility index (Phi) is 10.1. The van der Waals surface area contributed by atoms with E-state index < -0.39 is 0 Å². The summed E-state index contributed by atoms with van der Waals surface area (Å²) < 4.78 is 19.6. The maximum Gasteiger partial charge on any atom is 0.248 e. The fourth-order valence-electron chi connectivity index (χ4n) is 4.45. The average Bonchev–Trinajstić information content (AvgIpc) is 3.34. The quantitative estimate of drug-likeness (QED) is 0.141. The van der Waals surface area contributed by atoms with Gasteiger partial charge < -0.3 is 20.3 Å². The fraction of sp³-hybridized carbons (Fsp3) is 0.182. The van der Waals surface area contributed by atoms with Gasteiger partial charge in [0.05, 0.1) is 34.5 Å². The van der Waals surface area contributed by atoms with E-state index in [9.17, 15) is 9.18 Å². The van der Waals surface area contributed by atoms with E-state index in [0.29, 0.717) is 29.7 Å². The number of likely N-dealkylation sites (N-methyl/N-ethyl adjacent to an activating group) is 1. The number of thiophene rings is 1. The van der Waals surface area contributed by atoms with Gasteiger partial charge in [0.25, 0.3) is 0 Å². The first-order valence-corrected chi connectivity index (χ1v) is 14.9. The molecule has 1 atom stereocenters. The SMILES string of the molecule is CN(C)CC=CC(=O)Nc1ccc(-c2sc3ncnc(NC(COCc4cccc(F)c4)c4ccccc4)c3c2Cl)cc1. The van der Waals surface area contributed by atoms with Crippen LogP contribution >= 0.6 is 22.9 Å². The smallest absolute Gasteiger partial charge is 0.248 e. The van der Waals surface area contributed by atoms with Crippen molar-refractivity contribution in [1.29, 1.82) is 0 Å². The molecule has 5 rings (SSSR count). The van der Waals surface area contributed by atoms with Crippen LogP contribution < -0.4 is 10.6 Å². The molecule has 1 amide bonds. The Hall–Kier alpha value is -4.15. The molecule has 0 saturated heterocycles. The van der Waals surface area contributed by atoms with Crippen LogP contribution in [0.15, 0.2) is 97.3 Å². The van der Waals surface area contributed by atoms with E-state index in [-0.39, 0.29) is 24.4 Å². The van der Waals surface area contributed by atoms with Crippen molar-refractivity contribution in [3.8, 4) is 10.4 Å². The van der Waals surface area contributed by atoms with E-state index in [4.69, 9.17) is 16.3 Å². The van der Waals surface area contributed by atoms with Crippen LogP contribution in [0.2, 0.25) is 5.02 Å². The lowest BCUT2D eigenvalue weighted by atomic mass is 10.1. The van der Waals surface area contributed by atoms with Gasteiger partial charge in [-0.1, -0.05) is 72.3 Å². The van der Waals surface area contributed by atoms with Gasteiger partial charge in [0.2, 0.25) is 5.91 Å². The van der Waals surface area contributed by atoms with Gasteiger partial charge in [-0.3, -0.25) is 4.79 Å². The lowest BCUT2D eigenvalue weighted by Gasteiger charge is -2.20. The first kappa shape index (κ1) is 30.3. The second-order valence-electron chi connectivity index (χ2n) is 10.1. The molecular weight excluding hydrogens is 585 g/mol. The number of nitrogens with one attached hydrogen (secondary N) is 2. The topological polar surface area (TPSA) is 79.4 Å². The van der Waals surface area contributed by atoms with Crippen molar-refractivity contribution in [1.82, 2.24) is 14.9 Å². The molecule has 7 nitrogen and oxygen atoms in total. The third kappa shape index (κ3) is 8.03. The number of ether oxygens (including phenoxy) is 1. The van der Waals surface area contributed by atoms with Crippen LogP contribution in [0.1, 0.15) is 17.2 Å². The third-order valence-corrected chi connectivity index (χ3v) is 8.18. The molecule has 0 aliphatic carbocycles. The molecule has 1 unspecified atom stereocenters. The Labute approximate surface area is 259 Å². The van der Waals surface area contributed by atoms with Gasteiger partial charge in [-0.25, -0.2) is 14.4 Å². The van der Waals surface area contributed by atoms with Crippen molar-refractivity contribution < 1.29 is 13.9 Å². The lowest BCUT2D eigenvalue weighted by Crippen LogP contribution is -2.18. The molecule has 0 spiro atoms. The lowest BCUT2D eigenvalue weighted by molar-refractivity contribution is -0.111. The number of nitrogens with zero attached hydrogens (tertiary/aromatic N) is 3. The van der Waals surface area contributed by atoms with Gasteiger partial charge in [-0.05, 0) is 55.1 Å². The zero-order valence-electron chi connectivity index (χ0n) is 23.8. The summed E-state index contributed by atoms with van der Waals surface area (Å²) >= 11 is 8.44. The zero-order chi connectivity index (χ0) is 30.2. The standard InChI is InChI=1S/C33H31ClFN5O2S/c1-40(2)17-7-12-28(41)38-26-15-13-24(14-16-26)31-30(34)29-32(36-21-37-33(29)43-31)39-27(23-9-4-3-5-10-23)20-42-19-22-8-6-11-25(35)18-22/h3-16,18,21,27H,17,19-20H2,1-2H3,(H,38,41)(H,36,37,39). The van der Waals surface area contributed by atoms with E-state index in [1.54, 1.807) is 6.07 Å². The van der Waals surface area contributed by atoms with Gasteiger partial charge in [0.1, 0.15) is 22.8 Å². The van der Waals surface area contributed by atoms with Crippen molar-refractivity contribution >= 4 is 50.6 Å². The van der Waals surface area contributed by atoms with E-state index in [0.717, 1.165) is 31.8 Å². The molecule has 5 aromatic rings. The van der Waals surface area contributed by atoms with Gasteiger partial charge in [-0.15, -0.1) is 11.3 Å². The predicted octanol–water partition coefficient (Wildman–Crippen LogP) is 7.58.